The molecule has 0 atom stereocenters. The van der Waals surface area contributed by atoms with Crippen LogP contribution in [0.3, 0.4) is 0 Å². The lowest BCUT2D eigenvalue weighted by Gasteiger charge is -1.99. The second kappa shape index (κ2) is 3.62. The Kier molecular flexibility index (Phi) is 2.51. The lowest BCUT2D eigenvalue weighted by atomic mass is 10.2. The van der Waals surface area contributed by atoms with Gasteiger partial charge in [-0.15, -0.1) is 0 Å². The van der Waals surface area contributed by atoms with Gasteiger partial charge >= 0.3 is 0 Å². The van der Waals surface area contributed by atoms with E-state index in [2.05, 4.69) is 0 Å². The molecule has 0 unspecified atom stereocenters. The van der Waals surface area contributed by atoms with Gasteiger partial charge in [-0.05, 0) is 31.2 Å². The second-order valence-corrected chi connectivity index (χ2v) is 1.99. The maximum atomic E-state index is 8.46. The average Bonchev–Trinajstić information content (AvgIpc) is 2.07. The Morgan fingerprint density at radius 2 is 2.00 bits per heavy atom. The van der Waals surface area contributed by atoms with Crippen LogP contribution in [0.1, 0.15) is 12.5 Å². The fourth-order valence-electron chi connectivity index (χ4n) is 0.744. The van der Waals surface area contributed by atoms with E-state index in [1.54, 1.807) is 37.8 Å². The Labute approximate surface area is 66.0 Å². The number of hydrogen-bond donors (Lipinski definition) is 0. The second-order valence-electron chi connectivity index (χ2n) is 1.99. The molecule has 1 aromatic carbocycles. The van der Waals surface area contributed by atoms with Crippen LogP contribution >= 0.6 is 0 Å². The summed E-state index contributed by atoms with van der Waals surface area (Å²) in [5.41, 5.74) is 0.647. The lowest BCUT2D eigenvalue weighted by molar-refractivity contribution is 0.416. The van der Waals surface area contributed by atoms with Crippen molar-refractivity contribution in [3.05, 3.63) is 36.4 Å². The van der Waals surface area contributed by atoms with Crippen LogP contribution in [0.25, 0.3) is 0 Å². The van der Waals surface area contributed by atoms with E-state index in [0.717, 1.165) is 5.75 Å². The summed E-state index contributed by atoms with van der Waals surface area (Å²) >= 11 is 0. The normalized spacial score (nSPS) is 8.73. The highest BCUT2D eigenvalue weighted by atomic mass is 16.5. The minimum absolute atomic E-state index is 0.647. The molecular weight excluding hydrogens is 138 g/mol. The summed E-state index contributed by atoms with van der Waals surface area (Å²) in [6.45, 7) is 3.40. The molecule has 0 heterocycles. The zero-order chi connectivity index (χ0) is 8.10. The van der Waals surface area contributed by atoms with Gasteiger partial charge in [0.1, 0.15) is 12.4 Å². The Balaban J connectivity index is 2.76. The number of benzene rings is 1. The van der Waals surface area contributed by atoms with Crippen molar-refractivity contribution in [1.29, 1.82) is 5.26 Å². The van der Waals surface area contributed by atoms with Gasteiger partial charge in [0.05, 0.1) is 11.6 Å². The number of nitrogens with zero attached hydrogens (tertiary/aromatic N) is 1. The molecule has 0 aromatic heterocycles. The van der Waals surface area contributed by atoms with Crippen LogP contribution in [0.2, 0.25) is 0 Å². The molecule has 55 valence electrons. The minimum atomic E-state index is 0.647. The van der Waals surface area contributed by atoms with Crippen LogP contribution in [-0.4, -0.2) is 0 Å². The van der Waals surface area contributed by atoms with E-state index in [-0.39, 0.29) is 0 Å². The molecule has 0 saturated heterocycles. The number of nitriles is 1. The summed E-state index contributed by atoms with van der Waals surface area (Å²) in [6.07, 6.45) is 0. The van der Waals surface area contributed by atoms with Crippen molar-refractivity contribution >= 4 is 0 Å². The topological polar surface area (TPSA) is 33.0 Å². The molecule has 1 aromatic rings. The van der Waals surface area contributed by atoms with Gasteiger partial charge < -0.3 is 4.74 Å². The molecule has 0 aliphatic rings. The van der Waals surface area contributed by atoms with Gasteiger partial charge in [0.25, 0.3) is 0 Å². The van der Waals surface area contributed by atoms with E-state index in [9.17, 15) is 0 Å². The zero-order valence-electron chi connectivity index (χ0n) is 6.24. The van der Waals surface area contributed by atoms with Gasteiger partial charge in [-0.25, -0.2) is 0 Å². The van der Waals surface area contributed by atoms with E-state index >= 15 is 0 Å². The third kappa shape index (κ3) is 1.98. The van der Waals surface area contributed by atoms with Gasteiger partial charge in [0, 0.05) is 0 Å². The van der Waals surface area contributed by atoms with Crippen LogP contribution in [0, 0.1) is 17.9 Å². The fraction of sp³-hybridized carbons (Fsp3) is 0.111. The molecule has 2 heteroatoms. The van der Waals surface area contributed by atoms with Crippen molar-refractivity contribution in [1.82, 2.24) is 0 Å². The Bertz CT molecular complexity index is 258. The highest BCUT2D eigenvalue weighted by Gasteiger charge is 1.91. The summed E-state index contributed by atoms with van der Waals surface area (Å²) in [6, 6.07) is 9.00. The first kappa shape index (κ1) is 7.62. The molecule has 0 bridgehead atoms. The highest BCUT2D eigenvalue weighted by Crippen LogP contribution is 2.11. The van der Waals surface area contributed by atoms with E-state index in [0.29, 0.717) is 5.56 Å². The predicted octanol–water partition coefficient (Wildman–Crippen LogP) is 2.12. The van der Waals surface area contributed by atoms with Crippen LogP contribution < -0.4 is 4.74 Å². The van der Waals surface area contributed by atoms with Gasteiger partial charge in [0.15, 0.2) is 0 Å². The summed E-state index contributed by atoms with van der Waals surface area (Å²) in [5, 5.41) is 8.46. The molecule has 0 amide bonds. The smallest absolute Gasteiger partial charge is 0.132 e. The first-order valence-corrected chi connectivity index (χ1v) is 3.31. The molecule has 1 rings (SSSR count). The fourth-order valence-corrected chi connectivity index (χ4v) is 0.744. The molecule has 0 fully saturated rings. The average molecular weight is 146 g/mol. The van der Waals surface area contributed by atoms with Gasteiger partial charge in [-0.2, -0.15) is 5.26 Å². The first-order chi connectivity index (χ1) is 5.36. The van der Waals surface area contributed by atoms with Gasteiger partial charge in [-0.3, -0.25) is 0 Å². The molecule has 2 nitrogen and oxygen atoms in total. The van der Waals surface area contributed by atoms with Crippen LogP contribution in [0.5, 0.6) is 5.75 Å². The standard InChI is InChI=1S/C9H8NO/c1-2-11-9-5-3-8(7-10)4-6-9/h2-6H,1H3. The van der Waals surface area contributed by atoms with Crippen molar-refractivity contribution < 1.29 is 4.74 Å². The monoisotopic (exact) mass is 146 g/mol. The number of hydrogen-bond acceptors (Lipinski definition) is 2. The zero-order valence-corrected chi connectivity index (χ0v) is 6.24. The first-order valence-electron chi connectivity index (χ1n) is 3.31. The predicted molar refractivity (Wildman–Crippen MR) is 41.8 cm³/mol. The molecule has 11 heavy (non-hydrogen) atoms. The number of ether oxygens (including phenoxy) is 1. The van der Waals surface area contributed by atoms with Crippen molar-refractivity contribution in [2.45, 2.75) is 6.92 Å². The SMILES string of the molecule is C[CH]Oc1ccc(C#N)cc1. The van der Waals surface area contributed by atoms with E-state index < -0.39 is 0 Å². The molecular formula is C9H8NO. The molecule has 1 radical (unpaired) electrons. The maximum Gasteiger partial charge on any atom is 0.132 e. The van der Waals surface area contributed by atoms with Crippen molar-refractivity contribution in [3.8, 4) is 11.8 Å². The van der Waals surface area contributed by atoms with Gasteiger partial charge in [0.2, 0.25) is 0 Å². The van der Waals surface area contributed by atoms with Crippen molar-refractivity contribution in [3.63, 3.8) is 0 Å². The minimum Gasteiger partial charge on any atom is -0.487 e. The highest BCUT2D eigenvalue weighted by molar-refractivity contribution is 5.34. The maximum absolute atomic E-state index is 8.46. The number of rotatable bonds is 2. The van der Waals surface area contributed by atoms with E-state index in [4.69, 9.17) is 10.00 Å². The Morgan fingerprint density at radius 1 is 1.36 bits per heavy atom. The van der Waals surface area contributed by atoms with E-state index in [1.807, 2.05) is 6.07 Å². The molecule has 0 aliphatic carbocycles. The summed E-state index contributed by atoms with van der Waals surface area (Å²) in [7, 11) is 0. The van der Waals surface area contributed by atoms with E-state index in [1.165, 1.54) is 0 Å². The van der Waals surface area contributed by atoms with Crippen molar-refractivity contribution in [2.75, 3.05) is 0 Å². The third-order valence-corrected chi connectivity index (χ3v) is 1.24. The molecule has 0 N–H and O–H groups in total. The molecule has 0 spiro atoms. The van der Waals surface area contributed by atoms with Crippen LogP contribution in [-0.2, 0) is 0 Å². The quantitative estimate of drug-likeness (QED) is 0.640. The Morgan fingerprint density at radius 3 is 2.45 bits per heavy atom. The van der Waals surface area contributed by atoms with Crippen molar-refractivity contribution in [2.24, 2.45) is 0 Å². The molecule has 0 saturated carbocycles. The van der Waals surface area contributed by atoms with Crippen LogP contribution in [0.15, 0.2) is 24.3 Å². The lowest BCUT2D eigenvalue weighted by Crippen LogP contribution is -1.84. The van der Waals surface area contributed by atoms with Gasteiger partial charge in [-0.1, -0.05) is 0 Å². The third-order valence-electron chi connectivity index (χ3n) is 1.24. The molecule has 0 aliphatic heterocycles. The Hall–Kier alpha value is -1.49. The summed E-state index contributed by atoms with van der Waals surface area (Å²) in [5.74, 6) is 0.756. The van der Waals surface area contributed by atoms with Crippen LogP contribution in [0.4, 0.5) is 0 Å². The largest absolute Gasteiger partial charge is 0.487 e. The summed E-state index contributed by atoms with van der Waals surface area (Å²) < 4.78 is 5.07. The summed E-state index contributed by atoms with van der Waals surface area (Å²) in [4.78, 5) is 0.